The molecule has 1 saturated heterocycles. The first-order valence-electron chi connectivity index (χ1n) is 22.7. The van der Waals surface area contributed by atoms with Gasteiger partial charge in [0.1, 0.15) is 18.0 Å². The number of nitrogens with zero attached hydrogens (tertiary/aromatic N) is 2. The molecule has 8 rings (SSSR count). The second kappa shape index (κ2) is 18.6. The lowest BCUT2D eigenvalue weighted by molar-refractivity contribution is -0.156. The number of ketones is 1. The number of rotatable bonds is 13. The molecule has 2 N–H and O–H groups in total. The number of aromatic nitrogens is 1. The number of aliphatic hydroxyl groups is 1. The average molecular weight is 860 g/mol. The number of aliphatic hydroxyl groups excluding tert-OH is 1. The Morgan fingerprint density at radius 2 is 1.79 bits per heavy atom. The molecule has 1 aromatic heterocycles. The lowest BCUT2D eigenvalue weighted by Crippen LogP contribution is -2.47. The van der Waals surface area contributed by atoms with E-state index in [2.05, 4.69) is 23.5 Å². The molecule has 4 aliphatic carbocycles. The number of sulfonamides is 1. The predicted molar refractivity (Wildman–Crippen MR) is 228 cm³/mol. The van der Waals surface area contributed by atoms with E-state index in [0.29, 0.717) is 55.9 Å². The van der Waals surface area contributed by atoms with Gasteiger partial charge >= 0.3 is 5.97 Å². The molecule has 2 aliphatic heterocycles. The molecule has 2 bridgehead atoms. The number of hydrogen-bond acceptors (Lipinski definition) is 11. The third-order valence-corrected chi connectivity index (χ3v) is 16.0. The summed E-state index contributed by atoms with van der Waals surface area (Å²) in [6.45, 7) is 4.36. The second-order valence-electron chi connectivity index (χ2n) is 18.4. The molecule has 330 valence electrons. The highest BCUT2D eigenvalue weighted by Crippen LogP contribution is 2.57. The number of allylic oxidation sites excluding steroid dienone is 3. The Hall–Kier alpha value is -4.30. The number of carbonyl (C=O) groups is 4. The molecule has 13 nitrogen and oxygen atoms in total. The van der Waals surface area contributed by atoms with Gasteiger partial charge in [0.05, 0.1) is 53.3 Å². The molecule has 2 amide bonds. The predicted octanol–water partition coefficient (Wildman–Crippen LogP) is 6.30. The summed E-state index contributed by atoms with van der Waals surface area (Å²) in [5, 5.41) is 9.68. The van der Waals surface area contributed by atoms with Crippen molar-refractivity contribution in [1.82, 2.24) is 14.6 Å². The number of benzene rings is 1. The van der Waals surface area contributed by atoms with Crippen molar-refractivity contribution in [2.75, 3.05) is 19.8 Å². The minimum atomic E-state index is -3.87. The van der Waals surface area contributed by atoms with Crippen LogP contribution >= 0.6 is 0 Å². The summed E-state index contributed by atoms with van der Waals surface area (Å²) in [4.78, 5) is 64.0. The number of amides is 2. The summed E-state index contributed by atoms with van der Waals surface area (Å²) in [5.41, 5.74) is 0.103. The molecule has 14 heteroatoms. The highest BCUT2D eigenvalue weighted by molar-refractivity contribution is 7.90. The van der Waals surface area contributed by atoms with Crippen molar-refractivity contribution < 1.29 is 46.9 Å². The number of nitrogens with one attached hydrogen (secondary N) is 1. The van der Waals surface area contributed by atoms with E-state index in [-0.39, 0.29) is 74.4 Å². The van der Waals surface area contributed by atoms with Crippen LogP contribution in [0.4, 0.5) is 0 Å². The Balaban J connectivity index is 1.16. The maximum absolute atomic E-state index is 15.1. The Bertz CT molecular complexity index is 2130. The van der Waals surface area contributed by atoms with Crippen LogP contribution in [0, 0.1) is 29.1 Å². The normalized spacial score (nSPS) is 30.3. The summed E-state index contributed by atoms with van der Waals surface area (Å²) in [7, 11) is -3.87. The van der Waals surface area contributed by atoms with E-state index in [9.17, 15) is 27.9 Å². The van der Waals surface area contributed by atoms with Gasteiger partial charge in [0.2, 0.25) is 27.7 Å². The van der Waals surface area contributed by atoms with Crippen molar-refractivity contribution in [1.29, 1.82) is 0 Å². The molecule has 61 heavy (non-hydrogen) atoms. The van der Waals surface area contributed by atoms with Crippen LogP contribution in [0.2, 0.25) is 0 Å². The number of fused-ring (bicyclic) bond motifs is 5. The summed E-state index contributed by atoms with van der Waals surface area (Å²) in [6, 6.07) is 6.68. The Morgan fingerprint density at radius 1 is 1.00 bits per heavy atom. The summed E-state index contributed by atoms with van der Waals surface area (Å²) >= 11 is 0. The minimum Gasteiger partial charge on any atom is -0.492 e. The van der Waals surface area contributed by atoms with E-state index in [1.54, 1.807) is 11.0 Å². The molecule has 6 aliphatic rings. The fraction of sp³-hybridized carbons (Fsp3) is 0.638. The van der Waals surface area contributed by atoms with Gasteiger partial charge in [-0.15, -0.1) is 6.58 Å². The van der Waals surface area contributed by atoms with Crippen LogP contribution in [-0.2, 0) is 40.4 Å². The number of unbranched alkanes of at least 4 members (excludes halogenated alkanes) is 1. The zero-order valence-corrected chi connectivity index (χ0v) is 36.0. The average Bonchev–Trinajstić information content (AvgIpc) is 4.03. The monoisotopic (exact) mass is 859 g/mol. The van der Waals surface area contributed by atoms with Crippen molar-refractivity contribution in [3.8, 4) is 11.6 Å². The van der Waals surface area contributed by atoms with Crippen LogP contribution in [-0.4, -0.2) is 90.2 Å². The molecule has 4 saturated carbocycles. The number of carbonyl (C=O) groups excluding carboxylic acids is 4. The maximum atomic E-state index is 15.1. The van der Waals surface area contributed by atoms with Crippen molar-refractivity contribution in [3.63, 3.8) is 0 Å². The van der Waals surface area contributed by atoms with E-state index in [1.165, 1.54) is 0 Å². The van der Waals surface area contributed by atoms with Crippen molar-refractivity contribution in [2.45, 2.75) is 139 Å². The topological polar surface area (TPSA) is 178 Å². The van der Waals surface area contributed by atoms with Crippen LogP contribution in [0.5, 0.6) is 11.6 Å². The maximum Gasteiger partial charge on any atom is 0.306 e. The quantitative estimate of drug-likeness (QED) is 0.131. The third-order valence-electron chi connectivity index (χ3n) is 14.2. The number of ether oxygens (including phenoxy) is 3. The van der Waals surface area contributed by atoms with Gasteiger partial charge in [0.25, 0.3) is 0 Å². The van der Waals surface area contributed by atoms with Crippen molar-refractivity contribution in [3.05, 3.63) is 54.6 Å². The molecule has 7 atom stereocenters. The van der Waals surface area contributed by atoms with Crippen LogP contribution in [0.3, 0.4) is 0 Å². The van der Waals surface area contributed by atoms with Crippen molar-refractivity contribution >= 4 is 44.5 Å². The minimum absolute atomic E-state index is 0.0504. The van der Waals surface area contributed by atoms with E-state index in [4.69, 9.17) is 19.2 Å². The lowest BCUT2D eigenvalue weighted by atomic mass is 9.86. The smallest absolute Gasteiger partial charge is 0.306 e. The van der Waals surface area contributed by atoms with Gasteiger partial charge in [-0.3, -0.25) is 23.9 Å². The first-order valence-corrected chi connectivity index (χ1v) is 24.2. The fourth-order valence-corrected chi connectivity index (χ4v) is 11.9. The molecule has 0 unspecified atom stereocenters. The third kappa shape index (κ3) is 9.55. The fourth-order valence-electron chi connectivity index (χ4n) is 10.5. The Labute approximate surface area is 359 Å². The molecule has 0 spiro atoms. The van der Waals surface area contributed by atoms with Gasteiger partial charge in [-0.05, 0) is 113 Å². The number of esters is 1. The van der Waals surface area contributed by atoms with Gasteiger partial charge in [-0.25, -0.2) is 13.4 Å². The van der Waals surface area contributed by atoms with Crippen LogP contribution in [0.15, 0.2) is 49.1 Å². The summed E-state index contributed by atoms with van der Waals surface area (Å²) in [5.74, 6) is -1.71. The van der Waals surface area contributed by atoms with Crippen LogP contribution in [0.1, 0.15) is 115 Å². The number of hydrogen-bond donors (Lipinski definition) is 2. The molecular formula is C47H61N3O10S. The Kier molecular flexibility index (Phi) is 13.2. The highest BCUT2D eigenvalue weighted by Gasteiger charge is 2.61. The molecule has 1 aromatic carbocycles. The number of Topliss-reactive ketones (excluding diaryl/α,β-unsaturated/α-hetero) is 1. The molecule has 0 radical (unpaired) electrons. The second-order valence-corrected chi connectivity index (χ2v) is 20.3. The van der Waals surface area contributed by atoms with E-state index in [0.717, 1.165) is 68.7 Å². The van der Waals surface area contributed by atoms with E-state index in [1.807, 2.05) is 24.3 Å². The zero-order valence-electron chi connectivity index (χ0n) is 35.1. The lowest BCUT2D eigenvalue weighted by Gasteiger charge is -2.31. The number of para-hydroxylation sites is 1. The summed E-state index contributed by atoms with van der Waals surface area (Å²) < 4.78 is 47.6. The molecule has 3 heterocycles. The van der Waals surface area contributed by atoms with E-state index >= 15 is 4.79 Å². The standard InChI is InChI=1S/C47H61N3O10S/c1-2-32-27-47(32,46(55)49-61(56,57)34-21-22-34)28-40(52)39-25-33-29-50(39)45(54)37(30-13-6-7-14-30)26-42(53)60-41-20-12-16-31(41)15-4-3-5-18-36-43(58-24-11-10-23-51)35-17-8-9-19-38(35)48-44(36)59-33/h2-3,5,8-9,17,19,30-34,37,39,41,51H,1,4,6-7,10-16,18,20-29H2,(H,49,55)/b5-3+/t31-,32-,33-,37+,39+,41-,47-/m1/s1. The Morgan fingerprint density at radius 3 is 2.54 bits per heavy atom. The molecule has 5 fully saturated rings. The van der Waals surface area contributed by atoms with Gasteiger partial charge in [-0.2, -0.15) is 0 Å². The summed E-state index contributed by atoms with van der Waals surface area (Å²) in [6.07, 6.45) is 15.5. The van der Waals surface area contributed by atoms with Crippen LogP contribution < -0.4 is 14.2 Å². The number of pyridine rings is 1. The first-order chi connectivity index (χ1) is 29.5. The largest absolute Gasteiger partial charge is 0.492 e. The van der Waals surface area contributed by atoms with Gasteiger partial charge in [0.15, 0.2) is 5.78 Å². The van der Waals surface area contributed by atoms with Crippen molar-refractivity contribution in [2.24, 2.45) is 29.1 Å². The highest BCUT2D eigenvalue weighted by atomic mass is 32.2. The van der Waals surface area contributed by atoms with Crippen LogP contribution in [0.25, 0.3) is 10.9 Å². The first kappa shape index (κ1) is 43.4. The zero-order chi connectivity index (χ0) is 42.7. The van der Waals surface area contributed by atoms with Gasteiger partial charge < -0.3 is 24.2 Å². The molecule has 2 aromatic rings. The SMILES string of the molecule is C=C[C@@H]1C[C@]1(CC(=O)[C@@H]1C[C@@H]2CN1C(=O)[C@H](C1CCCC1)CC(=O)O[C@@H]1CCC[C@H]1CC/C=C/Cc1c(nc3ccccc3c1OCCCCO)O2)C(=O)NS(=O)(=O)C1CC1. The van der Waals surface area contributed by atoms with Gasteiger partial charge in [-0.1, -0.05) is 43.2 Å². The molecular weight excluding hydrogens is 799 g/mol. The van der Waals surface area contributed by atoms with Gasteiger partial charge in [0, 0.05) is 24.8 Å². The van der Waals surface area contributed by atoms with E-state index < -0.39 is 50.6 Å².